The molecule has 140 valence electrons. The van der Waals surface area contributed by atoms with Crippen molar-refractivity contribution >= 4 is 16.8 Å². The molecule has 6 heteroatoms. The van der Waals surface area contributed by atoms with Gasteiger partial charge >= 0.3 is 0 Å². The van der Waals surface area contributed by atoms with Crippen LogP contribution in [0.1, 0.15) is 5.56 Å². The number of nitrogens with one attached hydrogen (secondary N) is 1. The highest BCUT2D eigenvalue weighted by Gasteiger charge is 2.08. The Balaban J connectivity index is 1.46. The summed E-state index contributed by atoms with van der Waals surface area (Å²) in [5, 5.41) is 3.88. The van der Waals surface area contributed by atoms with Gasteiger partial charge in [-0.1, -0.05) is 12.1 Å². The van der Waals surface area contributed by atoms with Gasteiger partial charge in [-0.25, -0.2) is 0 Å². The number of aromatic nitrogens is 1. The van der Waals surface area contributed by atoms with Crippen LogP contribution in [0, 0.1) is 0 Å². The van der Waals surface area contributed by atoms with E-state index >= 15 is 0 Å². The summed E-state index contributed by atoms with van der Waals surface area (Å²) in [5.41, 5.74) is 1.78. The molecule has 27 heavy (non-hydrogen) atoms. The predicted molar refractivity (Wildman–Crippen MR) is 103 cm³/mol. The van der Waals surface area contributed by atoms with Crippen LogP contribution in [-0.4, -0.2) is 38.3 Å². The zero-order chi connectivity index (χ0) is 19.1. The van der Waals surface area contributed by atoms with Crippen molar-refractivity contribution in [3.8, 4) is 17.2 Å². The second-order valence-corrected chi connectivity index (χ2v) is 5.92. The number of hydrogen-bond acceptors (Lipinski definition) is 5. The number of nitrogens with zero attached hydrogens (tertiary/aromatic N) is 1. The summed E-state index contributed by atoms with van der Waals surface area (Å²) in [6.45, 7) is 0.820. The minimum atomic E-state index is -0.0754. The van der Waals surface area contributed by atoms with E-state index in [9.17, 15) is 4.79 Å². The highest BCUT2D eigenvalue weighted by molar-refractivity contribution is 5.80. The molecule has 0 aliphatic heterocycles. The number of hydrogen-bond donors (Lipinski definition) is 1. The number of carbonyl (C=O) groups is 1. The highest BCUT2D eigenvalue weighted by atomic mass is 16.5. The van der Waals surface area contributed by atoms with Crippen molar-refractivity contribution in [3.05, 3.63) is 60.3 Å². The van der Waals surface area contributed by atoms with Crippen LogP contribution in [0.3, 0.4) is 0 Å². The van der Waals surface area contributed by atoms with Crippen LogP contribution in [-0.2, 0) is 11.2 Å². The monoisotopic (exact) mass is 366 g/mol. The van der Waals surface area contributed by atoms with Crippen LogP contribution in [0.4, 0.5) is 0 Å². The van der Waals surface area contributed by atoms with Crippen molar-refractivity contribution < 1.29 is 19.0 Å². The third-order valence-electron chi connectivity index (χ3n) is 4.08. The van der Waals surface area contributed by atoms with Gasteiger partial charge in [0.15, 0.2) is 11.5 Å². The van der Waals surface area contributed by atoms with Gasteiger partial charge < -0.3 is 19.5 Å². The first-order valence-electron chi connectivity index (χ1n) is 8.65. The summed E-state index contributed by atoms with van der Waals surface area (Å²) < 4.78 is 16.2. The van der Waals surface area contributed by atoms with E-state index in [1.807, 2.05) is 36.4 Å². The molecule has 0 atom stereocenters. The van der Waals surface area contributed by atoms with Crippen LogP contribution in [0.5, 0.6) is 17.2 Å². The molecule has 3 aromatic rings. The number of benzene rings is 2. The van der Waals surface area contributed by atoms with Gasteiger partial charge in [0.2, 0.25) is 5.91 Å². The van der Waals surface area contributed by atoms with Gasteiger partial charge in [0.1, 0.15) is 12.4 Å². The Morgan fingerprint density at radius 1 is 1.04 bits per heavy atom. The standard InChI is InChI=1S/C21H22N2O4/c1-25-19-8-5-15(12-20(19)26-2)13-21(24)23-10-11-27-17-6-7-18-16(14-17)4-3-9-22-18/h3-9,12,14H,10-11,13H2,1-2H3,(H,23,24). The lowest BCUT2D eigenvalue weighted by atomic mass is 10.1. The number of carbonyl (C=O) groups excluding carboxylic acids is 1. The molecule has 0 spiro atoms. The number of rotatable bonds is 8. The largest absolute Gasteiger partial charge is 0.493 e. The lowest BCUT2D eigenvalue weighted by Crippen LogP contribution is -2.29. The molecule has 1 N–H and O–H groups in total. The van der Waals surface area contributed by atoms with Crippen molar-refractivity contribution in [3.63, 3.8) is 0 Å². The zero-order valence-electron chi connectivity index (χ0n) is 15.4. The third kappa shape index (κ3) is 4.88. The van der Waals surface area contributed by atoms with Gasteiger partial charge in [0, 0.05) is 11.6 Å². The smallest absolute Gasteiger partial charge is 0.224 e. The Labute approximate surface area is 158 Å². The minimum absolute atomic E-state index is 0.0754. The normalized spacial score (nSPS) is 10.4. The fourth-order valence-corrected chi connectivity index (χ4v) is 2.74. The van der Waals surface area contributed by atoms with E-state index in [0.717, 1.165) is 22.2 Å². The number of pyridine rings is 1. The quantitative estimate of drug-likeness (QED) is 0.621. The topological polar surface area (TPSA) is 69.7 Å². The number of methoxy groups -OCH3 is 2. The van der Waals surface area contributed by atoms with Crippen molar-refractivity contribution in [2.24, 2.45) is 0 Å². The summed E-state index contributed by atoms with van der Waals surface area (Å²) in [6.07, 6.45) is 2.03. The fraction of sp³-hybridized carbons (Fsp3) is 0.238. The van der Waals surface area contributed by atoms with Crippen molar-refractivity contribution in [2.75, 3.05) is 27.4 Å². The second kappa shape index (κ2) is 8.89. The van der Waals surface area contributed by atoms with Gasteiger partial charge in [-0.3, -0.25) is 9.78 Å². The molecular formula is C21H22N2O4. The maximum Gasteiger partial charge on any atom is 0.224 e. The zero-order valence-corrected chi connectivity index (χ0v) is 15.4. The Morgan fingerprint density at radius 2 is 1.89 bits per heavy atom. The second-order valence-electron chi connectivity index (χ2n) is 5.92. The Morgan fingerprint density at radius 3 is 2.70 bits per heavy atom. The van der Waals surface area contributed by atoms with Gasteiger partial charge in [-0.2, -0.15) is 0 Å². The Bertz CT molecular complexity index is 927. The minimum Gasteiger partial charge on any atom is -0.493 e. The van der Waals surface area contributed by atoms with Gasteiger partial charge in [0.05, 0.1) is 32.7 Å². The summed E-state index contributed by atoms with van der Waals surface area (Å²) in [4.78, 5) is 16.4. The van der Waals surface area contributed by atoms with Crippen LogP contribution in [0.2, 0.25) is 0 Å². The van der Waals surface area contributed by atoms with Crippen molar-refractivity contribution in [2.45, 2.75) is 6.42 Å². The van der Waals surface area contributed by atoms with Crippen LogP contribution in [0.25, 0.3) is 10.9 Å². The summed E-state index contributed by atoms with van der Waals surface area (Å²) >= 11 is 0. The van der Waals surface area contributed by atoms with Gasteiger partial charge in [-0.05, 0) is 42.0 Å². The molecule has 6 nitrogen and oxygen atoms in total. The summed E-state index contributed by atoms with van der Waals surface area (Å²) in [7, 11) is 3.15. The molecule has 2 aromatic carbocycles. The average Bonchev–Trinajstić information content (AvgIpc) is 2.71. The molecule has 0 radical (unpaired) electrons. The molecule has 1 heterocycles. The Hall–Kier alpha value is -3.28. The average molecular weight is 366 g/mol. The lowest BCUT2D eigenvalue weighted by molar-refractivity contribution is -0.120. The van der Waals surface area contributed by atoms with E-state index in [-0.39, 0.29) is 12.3 Å². The van der Waals surface area contributed by atoms with Crippen LogP contribution in [0.15, 0.2) is 54.7 Å². The lowest BCUT2D eigenvalue weighted by Gasteiger charge is -2.10. The van der Waals surface area contributed by atoms with E-state index < -0.39 is 0 Å². The summed E-state index contributed by atoms with van der Waals surface area (Å²) in [5.74, 6) is 1.93. The molecule has 0 bridgehead atoms. The number of amides is 1. The highest BCUT2D eigenvalue weighted by Crippen LogP contribution is 2.27. The molecule has 1 amide bonds. The molecule has 3 rings (SSSR count). The number of fused-ring (bicyclic) bond motifs is 1. The molecule has 0 saturated heterocycles. The molecule has 0 unspecified atom stereocenters. The molecule has 1 aromatic heterocycles. The van der Waals surface area contributed by atoms with Crippen molar-refractivity contribution in [1.82, 2.24) is 10.3 Å². The van der Waals surface area contributed by atoms with Crippen LogP contribution >= 0.6 is 0 Å². The van der Waals surface area contributed by atoms with Gasteiger partial charge in [0.25, 0.3) is 0 Å². The predicted octanol–water partition coefficient (Wildman–Crippen LogP) is 2.99. The molecule has 0 aliphatic carbocycles. The van der Waals surface area contributed by atoms with Crippen molar-refractivity contribution in [1.29, 1.82) is 0 Å². The fourth-order valence-electron chi connectivity index (χ4n) is 2.74. The summed E-state index contributed by atoms with van der Waals surface area (Å²) in [6, 6.07) is 15.0. The van der Waals surface area contributed by atoms with E-state index in [0.29, 0.717) is 24.7 Å². The van der Waals surface area contributed by atoms with E-state index in [1.54, 1.807) is 32.5 Å². The van der Waals surface area contributed by atoms with E-state index in [2.05, 4.69) is 10.3 Å². The molecule has 0 saturated carbocycles. The first-order valence-corrected chi connectivity index (χ1v) is 8.65. The SMILES string of the molecule is COc1ccc(CC(=O)NCCOc2ccc3ncccc3c2)cc1OC. The van der Waals surface area contributed by atoms with Crippen LogP contribution < -0.4 is 19.5 Å². The van der Waals surface area contributed by atoms with E-state index in [4.69, 9.17) is 14.2 Å². The maximum absolute atomic E-state index is 12.1. The molecule has 0 fully saturated rings. The first-order chi connectivity index (χ1) is 13.2. The van der Waals surface area contributed by atoms with E-state index in [1.165, 1.54) is 0 Å². The third-order valence-corrected chi connectivity index (χ3v) is 4.08. The molecular weight excluding hydrogens is 344 g/mol. The number of ether oxygens (including phenoxy) is 3. The molecule has 0 aliphatic rings. The van der Waals surface area contributed by atoms with Gasteiger partial charge in [-0.15, -0.1) is 0 Å². The Kier molecular flexibility index (Phi) is 6.10. The first kappa shape index (κ1) is 18.5. The maximum atomic E-state index is 12.1.